The van der Waals surface area contributed by atoms with E-state index < -0.39 is 15.6 Å². The van der Waals surface area contributed by atoms with Crippen molar-refractivity contribution >= 4 is 10.0 Å². The number of hydrogen-bond donors (Lipinski definition) is 2. The molecule has 5 nitrogen and oxygen atoms in total. The summed E-state index contributed by atoms with van der Waals surface area (Å²) in [6.07, 6.45) is 2.35. The molecule has 0 aliphatic heterocycles. The molecule has 0 amide bonds. The van der Waals surface area contributed by atoms with Gasteiger partial charge in [0.25, 0.3) is 0 Å². The lowest BCUT2D eigenvalue weighted by molar-refractivity contribution is 0.317. The minimum absolute atomic E-state index is 0.223. The molecule has 0 unspecified atom stereocenters. The zero-order valence-electron chi connectivity index (χ0n) is 13.1. The van der Waals surface area contributed by atoms with E-state index in [1.54, 1.807) is 24.3 Å². The van der Waals surface area contributed by atoms with Crippen molar-refractivity contribution in [3.8, 4) is 5.75 Å². The van der Waals surface area contributed by atoms with Crippen molar-refractivity contribution in [2.24, 2.45) is 5.73 Å². The third-order valence-electron chi connectivity index (χ3n) is 3.63. The van der Waals surface area contributed by atoms with Gasteiger partial charge in [-0.25, -0.2) is 13.1 Å². The Hall–Kier alpha value is -1.11. The molecule has 0 fully saturated rings. The maximum atomic E-state index is 12.2. The molecule has 0 aliphatic rings. The lowest BCUT2D eigenvalue weighted by Gasteiger charge is -2.26. The maximum absolute atomic E-state index is 12.2. The van der Waals surface area contributed by atoms with E-state index in [1.165, 1.54) is 0 Å². The second-order valence-corrected chi connectivity index (χ2v) is 6.98. The van der Waals surface area contributed by atoms with Gasteiger partial charge in [-0.05, 0) is 43.5 Å². The van der Waals surface area contributed by atoms with E-state index in [0.717, 1.165) is 19.3 Å². The van der Waals surface area contributed by atoms with E-state index in [1.807, 2.05) is 20.8 Å². The van der Waals surface area contributed by atoms with Crippen molar-refractivity contribution in [1.29, 1.82) is 0 Å². The molecule has 21 heavy (non-hydrogen) atoms. The van der Waals surface area contributed by atoms with E-state index in [4.69, 9.17) is 10.5 Å². The van der Waals surface area contributed by atoms with Gasteiger partial charge in [0, 0.05) is 12.1 Å². The highest BCUT2D eigenvalue weighted by Crippen LogP contribution is 2.17. The van der Waals surface area contributed by atoms with Gasteiger partial charge in [0.05, 0.1) is 11.5 Å². The Kier molecular flexibility index (Phi) is 6.64. The second kappa shape index (κ2) is 7.77. The summed E-state index contributed by atoms with van der Waals surface area (Å²) in [5, 5.41) is 0. The van der Waals surface area contributed by atoms with Gasteiger partial charge in [0.2, 0.25) is 10.0 Å². The summed E-state index contributed by atoms with van der Waals surface area (Å²) in [7, 11) is -3.54. The smallest absolute Gasteiger partial charge is 0.240 e. The fourth-order valence-electron chi connectivity index (χ4n) is 1.76. The van der Waals surface area contributed by atoms with Crippen LogP contribution in [0.4, 0.5) is 0 Å². The summed E-state index contributed by atoms with van der Waals surface area (Å²) in [4.78, 5) is 0.223. The van der Waals surface area contributed by atoms with Crippen molar-refractivity contribution < 1.29 is 13.2 Å². The van der Waals surface area contributed by atoms with Gasteiger partial charge in [0.15, 0.2) is 0 Å². The normalized spacial score (nSPS) is 12.4. The number of benzene rings is 1. The van der Waals surface area contributed by atoms with Crippen molar-refractivity contribution in [3.63, 3.8) is 0 Å². The summed E-state index contributed by atoms with van der Waals surface area (Å²) in [6, 6.07) is 6.42. The average Bonchev–Trinajstić information content (AvgIpc) is 2.51. The number of hydrogen-bond acceptors (Lipinski definition) is 4. The van der Waals surface area contributed by atoms with Crippen LogP contribution in [0, 0.1) is 0 Å². The van der Waals surface area contributed by atoms with E-state index in [2.05, 4.69) is 4.72 Å². The third-order valence-corrected chi connectivity index (χ3v) is 5.05. The molecule has 0 heterocycles. The first-order chi connectivity index (χ1) is 9.87. The van der Waals surface area contributed by atoms with Crippen LogP contribution >= 0.6 is 0 Å². The Morgan fingerprint density at radius 2 is 1.71 bits per heavy atom. The summed E-state index contributed by atoms with van der Waals surface area (Å²) >= 11 is 0. The summed E-state index contributed by atoms with van der Waals surface area (Å²) in [6.45, 7) is 6.78. The molecule has 0 aliphatic carbocycles. The molecule has 0 atom stereocenters. The Morgan fingerprint density at radius 3 is 2.19 bits per heavy atom. The van der Waals surface area contributed by atoms with Gasteiger partial charge in [-0.1, -0.05) is 20.8 Å². The monoisotopic (exact) mass is 314 g/mol. The molecule has 3 N–H and O–H groups in total. The zero-order valence-corrected chi connectivity index (χ0v) is 13.9. The van der Waals surface area contributed by atoms with E-state index in [9.17, 15) is 8.42 Å². The summed E-state index contributed by atoms with van der Waals surface area (Å²) in [5.74, 6) is 0.672. The number of nitrogens with one attached hydrogen (secondary N) is 1. The Morgan fingerprint density at radius 1 is 1.14 bits per heavy atom. The minimum atomic E-state index is -3.54. The molecule has 6 heteroatoms. The van der Waals surface area contributed by atoms with Crippen LogP contribution in [0.15, 0.2) is 29.2 Å². The Bertz CT molecular complexity index is 522. The Balaban J connectivity index is 2.74. The number of rotatable bonds is 9. The predicted molar refractivity (Wildman–Crippen MR) is 84.9 cm³/mol. The quantitative estimate of drug-likeness (QED) is 0.732. The largest absolute Gasteiger partial charge is 0.494 e. The van der Waals surface area contributed by atoms with Crippen LogP contribution in [-0.4, -0.2) is 27.1 Å². The van der Waals surface area contributed by atoms with Crippen molar-refractivity contribution in [2.75, 3.05) is 13.2 Å². The van der Waals surface area contributed by atoms with Crippen LogP contribution in [0.5, 0.6) is 5.75 Å². The molecule has 0 saturated carbocycles. The van der Waals surface area contributed by atoms with Crippen molar-refractivity contribution in [1.82, 2.24) is 4.72 Å². The molecule has 0 spiro atoms. The maximum Gasteiger partial charge on any atom is 0.240 e. The third kappa shape index (κ3) is 5.30. The highest BCUT2D eigenvalue weighted by atomic mass is 32.2. The molecule has 1 rings (SSSR count). The highest BCUT2D eigenvalue weighted by Gasteiger charge is 2.23. The second-order valence-electron chi connectivity index (χ2n) is 5.21. The number of ether oxygens (including phenoxy) is 1. The van der Waals surface area contributed by atoms with E-state index in [-0.39, 0.29) is 11.4 Å². The lowest BCUT2D eigenvalue weighted by atomic mass is 9.95. The standard InChI is InChI=1S/C15H26N2O3S/c1-4-11-20-13-7-9-14(10-8-13)21(18,19)17-12-15(16,5-2)6-3/h7-10,17H,4-6,11-12,16H2,1-3H3. The van der Waals surface area contributed by atoms with Crippen LogP contribution in [0.1, 0.15) is 40.0 Å². The topological polar surface area (TPSA) is 81.4 Å². The first-order valence-corrected chi connectivity index (χ1v) is 8.86. The van der Waals surface area contributed by atoms with Crippen molar-refractivity contribution in [2.45, 2.75) is 50.5 Å². The van der Waals surface area contributed by atoms with Crippen LogP contribution < -0.4 is 15.2 Å². The fraction of sp³-hybridized carbons (Fsp3) is 0.600. The molecule has 0 aromatic heterocycles. The summed E-state index contributed by atoms with van der Waals surface area (Å²) in [5.41, 5.74) is 5.61. The highest BCUT2D eigenvalue weighted by molar-refractivity contribution is 7.89. The Labute approximate surface area is 127 Å². The van der Waals surface area contributed by atoms with Crippen LogP contribution in [0.3, 0.4) is 0 Å². The number of nitrogens with two attached hydrogens (primary N) is 1. The van der Waals surface area contributed by atoms with Crippen LogP contribution in [-0.2, 0) is 10.0 Å². The first-order valence-electron chi connectivity index (χ1n) is 7.38. The van der Waals surface area contributed by atoms with Gasteiger partial charge in [0.1, 0.15) is 5.75 Å². The SMILES string of the molecule is CCCOc1ccc(S(=O)(=O)NCC(N)(CC)CC)cc1. The van der Waals surface area contributed by atoms with E-state index >= 15 is 0 Å². The fourth-order valence-corrected chi connectivity index (χ4v) is 2.90. The van der Waals surface area contributed by atoms with Crippen LogP contribution in [0.2, 0.25) is 0 Å². The van der Waals surface area contributed by atoms with Gasteiger partial charge < -0.3 is 10.5 Å². The lowest BCUT2D eigenvalue weighted by Crippen LogP contribution is -2.49. The van der Waals surface area contributed by atoms with Crippen LogP contribution in [0.25, 0.3) is 0 Å². The molecule has 1 aromatic carbocycles. The first kappa shape index (κ1) is 17.9. The van der Waals surface area contributed by atoms with Gasteiger partial charge >= 0.3 is 0 Å². The van der Waals surface area contributed by atoms with Gasteiger partial charge in [-0.3, -0.25) is 0 Å². The average molecular weight is 314 g/mol. The molecule has 120 valence electrons. The van der Waals surface area contributed by atoms with Crippen molar-refractivity contribution in [3.05, 3.63) is 24.3 Å². The number of sulfonamides is 1. The molecule has 0 radical (unpaired) electrons. The molecule has 1 aromatic rings. The van der Waals surface area contributed by atoms with Gasteiger partial charge in [-0.2, -0.15) is 0 Å². The molecular formula is C15H26N2O3S. The minimum Gasteiger partial charge on any atom is -0.494 e. The molecule has 0 bridgehead atoms. The molecule has 0 saturated heterocycles. The zero-order chi connectivity index (χ0) is 15.9. The van der Waals surface area contributed by atoms with E-state index in [0.29, 0.717) is 12.4 Å². The summed E-state index contributed by atoms with van der Waals surface area (Å²) < 4.78 is 32.5. The predicted octanol–water partition coefficient (Wildman–Crippen LogP) is 2.27. The van der Waals surface area contributed by atoms with Gasteiger partial charge in [-0.15, -0.1) is 0 Å². The molecular weight excluding hydrogens is 288 g/mol.